The van der Waals surface area contributed by atoms with Crippen molar-refractivity contribution in [2.24, 2.45) is 0 Å². The highest BCUT2D eigenvalue weighted by Crippen LogP contribution is 2.23. The Morgan fingerprint density at radius 1 is 1.38 bits per heavy atom. The number of nitrogens with zero attached hydrogens (tertiary/aromatic N) is 2. The second kappa shape index (κ2) is 3.18. The number of ether oxygens (including phenoxy) is 1. The SMILES string of the molecule is COc1nccc2cc(Cl)ncc12. The second-order valence-electron chi connectivity index (χ2n) is 2.55. The molecule has 0 radical (unpaired) electrons. The lowest BCUT2D eigenvalue weighted by Gasteiger charge is -2.02. The molecule has 2 aromatic rings. The monoisotopic (exact) mass is 194 g/mol. The summed E-state index contributed by atoms with van der Waals surface area (Å²) in [6.45, 7) is 0. The molecule has 0 amide bonds. The molecule has 0 unspecified atom stereocenters. The van der Waals surface area contributed by atoms with Gasteiger partial charge in [0.05, 0.1) is 12.5 Å². The number of hydrogen-bond donors (Lipinski definition) is 0. The van der Waals surface area contributed by atoms with E-state index in [0.29, 0.717) is 11.0 Å². The summed E-state index contributed by atoms with van der Waals surface area (Å²) in [5, 5.41) is 2.32. The van der Waals surface area contributed by atoms with E-state index in [-0.39, 0.29) is 0 Å². The van der Waals surface area contributed by atoms with Crippen molar-refractivity contribution in [3.8, 4) is 5.88 Å². The Bertz CT molecular complexity index is 445. The van der Waals surface area contributed by atoms with Crippen molar-refractivity contribution < 1.29 is 4.74 Å². The molecule has 0 saturated carbocycles. The fourth-order valence-corrected chi connectivity index (χ4v) is 1.34. The number of rotatable bonds is 1. The van der Waals surface area contributed by atoms with Gasteiger partial charge < -0.3 is 4.74 Å². The summed E-state index contributed by atoms with van der Waals surface area (Å²) in [5.41, 5.74) is 0. The van der Waals surface area contributed by atoms with E-state index in [4.69, 9.17) is 16.3 Å². The summed E-state index contributed by atoms with van der Waals surface area (Å²) < 4.78 is 5.07. The highest BCUT2D eigenvalue weighted by Gasteiger charge is 2.02. The molecule has 0 bridgehead atoms. The molecule has 13 heavy (non-hydrogen) atoms. The molecule has 0 aliphatic rings. The summed E-state index contributed by atoms with van der Waals surface area (Å²) in [7, 11) is 1.58. The molecule has 2 aromatic heterocycles. The highest BCUT2D eigenvalue weighted by atomic mass is 35.5. The molecule has 2 heterocycles. The van der Waals surface area contributed by atoms with Gasteiger partial charge in [-0.05, 0) is 17.5 Å². The smallest absolute Gasteiger partial charge is 0.222 e. The first-order valence-electron chi connectivity index (χ1n) is 3.75. The van der Waals surface area contributed by atoms with Crippen LogP contribution in [0.1, 0.15) is 0 Å². The van der Waals surface area contributed by atoms with Crippen LogP contribution in [0.5, 0.6) is 5.88 Å². The molecule has 2 rings (SSSR count). The third-order valence-electron chi connectivity index (χ3n) is 1.77. The molecule has 4 heteroatoms. The van der Waals surface area contributed by atoms with Crippen LogP contribution in [-0.2, 0) is 0 Å². The Morgan fingerprint density at radius 2 is 2.23 bits per heavy atom. The largest absolute Gasteiger partial charge is 0.481 e. The standard InChI is InChI=1S/C9H7ClN2O/c1-13-9-7-5-12-8(10)4-6(7)2-3-11-9/h2-5H,1H3. The van der Waals surface area contributed by atoms with E-state index >= 15 is 0 Å². The van der Waals surface area contributed by atoms with Gasteiger partial charge in [0.1, 0.15) is 5.15 Å². The molecule has 0 atom stereocenters. The van der Waals surface area contributed by atoms with E-state index in [1.165, 1.54) is 0 Å². The van der Waals surface area contributed by atoms with Crippen LogP contribution in [0.2, 0.25) is 5.15 Å². The summed E-state index contributed by atoms with van der Waals surface area (Å²) in [6, 6.07) is 3.65. The number of methoxy groups -OCH3 is 1. The molecular formula is C9H7ClN2O. The zero-order valence-corrected chi connectivity index (χ0v) is 7.75. The maximum Gasteiger partial charge on any atom is 0.222 e. The average molecular weight is 195 g/mol. The van der Waals surface area contributed by atoms with Crippen LogP contribution >= 0.6 is 11.6 Å². The maximum absolute atomic E-state index is 5.74. The maximum atomic E-state index is 5.74. The Labute approximate surface area is 80.3 Å². The lowest BCUT2D eigenvalue weighted by atomic mass is 10.2. The van der Waals surface area contributed by atoms with Gasteiger partial charge in [0, 0.05) is 12.4 Å². The first-order valence-corrected chi connectivity index (χ1v) is 4.13. The van der Waals surface area contributed by atoms with Gasteiger partial charge in [0.2, 0.25) is 5.88 Å². The summed E-state index contributed by atoms with van der Waals surface area (Å²) in [4.78, 5) is 8.01. The van der Waals surface area contributed by atoms with Crippen molar-refractivity contribution in [1.29, 1.82) is 0 Å². The topological polar surface area (TPSA) is 35.0 Å². The number of halogens is 1. The van der Waals surface area contributed by atoms with Crippen LogP contribution in [0.4, 0.5) is 0 Å². The first-order chi connectivity index (χ1) is 6.31. The quantitative estimate of drug-likeness (QED) is 0.654. The predicted molar refractivity (Wildman–Crippen MR) is 51.1 cm³/mol. The fourth-order valence-electron chi connectivity index (χ4n) is 1.18. The van der Waals surface area contributed by atoms with Crippen molar-refractivity contribution in [2.75, 3.05) is 7.11 Å². The van der Waals surface area contributed by atoms with Crippen molar-refractivity contribution in [2.45, 2.75) is 0 Å². The molecular weight excluding hydrogens is 188 g/mol. The van der Waals surface area contributed by atoms with E-state index in [9.17, 15) is 0 Å². The zero-order chi connectivity index (χ0) is 9.26. The van der Waals surface area contributed by atoms with Crippen molar-refractivity contribution in [1.82, 2.24) is 9.97 Å². The van der Waals surface area contributed by atoms with Gasteiger partial charge in [-0.15, -0.1) is 0 Å². The van der Waals surface area contributed by atoms with Gasteiger partial charge >= 0.3 is 0 Å². The molecule has 0 aliphatic carbocycles. The lowest BCUT2D eigenvalue weighted by Crippen LogP contribution is -1.89. The summed E-state index contributed by atoms with van der Waals surface area (Å²) in [5.74, 6) is 0.571. The average Bonchev–Trinajstić information content (AvgIpc) is 2.16. The second-order valence-corrected chi connectivity index (χ2v) is 2.94. The third kappa shape index (κ3) is 1.42. The van der Waals surface area contributed by atoms with Gasteiger partial charge in [-0.2, -0.15) is 0 Å². The van der Waals surface area contributed by atoms with Crippen molar-refractivity contribution in [3.63, 3.8) is 0 Å². The third-order valence-corrected chi connectivity index (χ3v) is 1.98. The zero-order valence-electron chi connectivity index (χ0n) is 6.99. The van der Waals surface area contributed by atoms with Crippen LogP contribution < -0.4 is 4.74 Å². The van der Waals surface area contributed by atoms with Crippen LogP contribution in [0.3, 0.4) is 0 Å². The van der Waals surface area contributed by atoms with E-state index < -0.39 is 0 Å². The van der Waals surface area contributed by atoms with Crippen molar-refractivity contribution in [3.05, 3.63) is 29.7 Å². The molecule has 3 nitrogen and oxygen atoms in total. The Morgan fingerprint density at radius 3 is 3.00 bits per heavy atom. The Hall–Kier alpha value is -1.35. The highest BCUT2D eigenvalue weighted by molar-refractivity contribution is 6.30. The molecule has 0 N–H and O–H groups in total. The predicted octanol–water partition coefficient (Wildman–Crippen LogP) is 2.29. The summed E-state index contributed by atoms with van der Waals surface area (Å²) >= 11 is 5.74. The Balaban J connectivity index is 2.77. The van der Waals surface area contributed by atoms with Gasteiger partial charge in [-0.25, -0.2) is 9.97 Å². The van der Waals surface area contributed by atoms with E-state index in [1.807, 2.05) is 6.07 Å². The van der Waals surface area contributed by atoms with Gasteiger partial charge in [0.25, 0.3) is 0 Å². The molecule has 0 fully saturated rings. The summed E-state index contributed by atoms with van der Waals surface area (Å²) in [6.07, 6.45) is 3.33. The number of pyridine rings is 2. The van der Waals surface area contributed by atoms with Gasteiger partial charge in [-0.3, -0.25) is 0 Å². The minimum Gasteiger partial charge on any atom is -0.481 e. The first kappa shape index (κ1) is 8.26. The minimum absolute atomic E-state index is 0.473. The minimum atomic E-state index is 0.473. The number of fused-ring (bicyclic) bond motifs is 1. The van der Waals surface area contributed by atoms with Crippen LogP contribution in [0.15, 0.2) is 24.5 Å². The normalized spacial score (nSPS) is 10.3. The van der Waals surface area contributed by atoms with Gasteiger partial charge in [-0.1, -0.05) is 11.6 Å². The van der Waals surface area contributed by atoms with Crippen LogP contribution in [-0.4, -0.2) is 17.1 Å². The van der Waals surface area contributed by atoms with E-state index in [0.717, 1.165) is 10.8 Å². The van der Waals surface area contributed by atoms with Crippen LogP contribution in [0, 0.1) is 0 Å². The molecule has 0 aromatic carbocycles. The molecule has 0 aliphatic heterocycles. The molecule has 66 valence electrons. The van der Waals surface area contributed by atoms with Gasteiger partial charge in [0.15, 0.2) is 0 Å². The Kier molecular flexibility index (Phi) is 2.02. The fraction of sp³-hybridized carbons (Fsp3) is 0.111. The van der Waals surface area contributed by atoms with E-state index in [1.54, 1.807) is 25.6 Å². The number of hydrogen-bond acceptors (Lipinski definition) is 3. The van der Waals surface area contributed by atoms with Crippen molar-refractivity contribution >= 4 is 22.4 Å². The van der Waals surface area contributed by atoms with E-state index in [2.05, 4.69) is 9.97 Å². The number of aromatic nitrogens is 2. The van der Waals surface area contributed by atoms with Crippen LogP contribution in [0.25, 0.3) is 10.8 Å². The lowest BCUT2D eigenvalue weighted by molar-refractivity contribution is 0.403. The molecule has 0 saturated heterocycles. The molecule has 0 spiro atoms.